The van der Waals surface area contributed by atoms with Crippen molar-refractivity contribution in [3.05, 3.63) is 187 Å². The van der Waals surface area contributed by atoms with Gasteiger partial charge < -0.3 is 13.6 Å². The maximum atomic E-state index is 11.7. The quantitative estimate of drug-likeness (QED) is 0.132. The second kappa shape index (κ2) is 12.4. The van der Waals surface area contributed by atoms with E-state index in [0.29, 0.717) is 28.2 Å². The summed E-state index contributed by atoms with van der Waals surface area (Å²) in [4.78, 5) is 14.2. The highest BCUT2D eigenvalue weighted by Gasteiger charge is 2.32. The number of para-hydroxylation sites is 2. The number of fused-ring (bicyclic) bond motifs is 9. The molecule has 0 saturated heterocycles. The number of nitrogens with zero attached hydrogens (tertiary/aromatic N) is 6. The molecule has 280 valence electrons. The fourth-order valence-electron chi connectivity index (χ4n) is 10.1. The van der Waals surface area contributed by atoms with Gasteiger partial charge in [0.05, 0.1) is 58.0 Å². The molecule has 0 spiro atoms. The van der Waals surface area contributed by atoms with Crippen molar-refractivity contribution in [2.24, 2.45) is 0 Å². The maximum Gasteiger partial charge on any atom is 0.220 e. The molecule has 13 aromatic rings. The Labute approximate surface area is 347 Å². The van der Waals surface area contributed by atoms with Gasteiger partial charge in [-0.2, -0.15) is 5.26 Å². The number of aromatic nitrogens is 4. The van der Waals surface area contributed by atoms with E-state index in [9.17, 15) is 5.26 Å². The summed E-state index contributed by atoms with van der Waals surface area (Å²) in [6.45, 7) is 9.14. The van der Waals surface area contributed by atoms with Gasteiger partial charge in [0.2, 0.25) is 5.69 Å². The average molecular weight is 777 g/mol. The molecule has 7 nitrogen and oxygen atoms in total. The van der Waals surface area contributed by atoms with Crippen LogP contribution in [0.3, 0.4) is 0 Å². The third-order valence-electron chi connectivity index (χ3n) is 12.5. The van der Waals surface area contributed by atoms with Crippen molar-refractivity contribution < 1.29 is 4.42 Å². The van der Waals surface area contributed by atoms with Gasteiger partial charge in [-0.15, -0.1) is 0 Å². The number of furan rings is 1. The summed E-state index contributed by atoms with van der Waals surface area (Å²) >= 11 is 0. The second-order valence-corrected chi connectivity index (χ2v) is 15.5. The van der Waals surface area contributed by atoms with E-state index in [-0.39, 0.29) is 0 Å². The molecular formula is C54H28N6O. The van der Waals surface area contributed by atoms with Crippen molar-refractivity contribution in [2.75, 3.05) is 0 Å². The largest absolute Gasteiger partial charge is 0.456 e. The predicted molar refractivity (Wildman–Crippen MR) is 246 cm³/mol. The number of hydrogen-bond donors (Lipinski definition) is 0. The van der Waals surface area contributed by atoms with Crippen molar-refractivity contribution in [1.29, 1.82) is 5.26 Å². The average Bonchev–Trinajstić information content (AvgIpc) is 3.97. The summed E-state index contributed by atoms with van der Waals surface area (Å²) in [7, 11) is 0. The molecule has 0 amide bonds. The summed E-state index contributed by atoms with van der Waals surface area (Å²) in [6, 6.07) is 51.9. The van der Waals surface area contributed by atoms with Crippen LogP contribution in [-0.4, -0.2) is 19.1 Å². The van der Waals surface area contributed by atoms with Gasteiger partial charge in [-0.25, -0.2) is 4.85 Å². The minimum absolute atomic E-state index is 0.362. The number of rotatable bonds is 4. The highest BCUT2D eigenvalue weighted by atomic mass is 16.3. The van der Waals surface area contributed by atoms with Crippen LogP contribution in [0.5, 0.6) is 0 Å². The normalized spacial score (nSPS) is 11.9. The van der Waals surface area contributed by atoms with Crippen LogP contribution in [0.25, 0.3) is 126 Å². The lowest BCUT2D eigenvalue weighted by molar-refractivity contribution is 0.669. The molecule has 0 aliphatic heterocycles. The van der Waals surface area contributed by atoms with Crippen molar-refractivity contribution in [3.8, 4) is 39.7 Å². The first-order valence-corrected chi connectivity index (χ1v) is 20.1. The lowest BCUT2D eigenvalue weighted by Gasteiger charge is -2.25. The maximum absolute atomic E-state index is 11.7. The van der Waals surface area contributed by atoms with E-state index in [2.05, 4.69) is 86.8 Å². The Bertz CT molecular complexity index is 3980. The Kier molecular flexibility index (Phi) is 6.73. The molecule has 7 heteroatoms. The topological polar surface area (TPSA) is 76.9 Å². The molecule has 0 bridgehead atoms. The molecule has 5 aromatic heterocycles. The lowest BCUT2D eigenvalue weighted by atomic mass is 9.88. The van der Waals surface area contributed by atoms with Gasteiger partial charge in [0.1, 0.15) is 17.2 Å². The zero-order chi connectivity index (χ0) is 40.3. The predicted octanol–water partition coefficient (Wildman–Crippen LogP) is 14.1. The second-order valence-electron chi connectivity index (χ2n) is 15.5. The van der Waals surface area contributed by atoms with Crippen LogP contribution in [0.2, 0.25) is 0 Å². The third kappa shape index (κ3) is 4.38. The summed E-state index contributed by atoms with van der Waals surface area (Å²) in [5.74, 6) is 0. The van der Waals surface area contributed by atoms with Gasteiger partial charge >= 0.3 is 0 Å². The van der Waals surface area contributed by atoms with Crippen LogP contribution in [0.15, 0.2) is 175 Å². The Morgan fingerprint density at radius 2 is 1.03 bits per heavy atom. The van der Waals surface area contributed by atoms with E-state index in [4.69, 9.17) is 21.0 Å². The molecular weight excluding hydrogens is 749 g/mol. The summed E-state index contributed by atoms with van der Waals surface area (Å²) in [5.41, 5.74) is 10.2. The van der Waals surface area contributed by atoms with Crippen molar-refractivity contribution >= 4 is 92.8 Å². The standard InChI is InChI=1S/C54H28N6O/c1-56-52-48(31-14-4-2-5-15-31)39(26-55)53(59-42-22-12-10-20-35(42)37-25-47-38(24-43(37)59)36-21-11-13-23-46(36)61-47)49(32-16-6-3-7-17-32)54(52)60-44-29-57-27-40-33-18-8-9-19-34(33)41-28-58-30-45(60)51(41)50(40)44/h2-25,27-30H. The summed E-state index contributed by atoms with van der Waals surface area (Å²) < 4.78 is 10.9. The molecule has 0 N–H and O–H groups in total. The molecule has 0 aliphatic carbocycles. The van der Waals surface area contributed by atoms with E-state index < -0.39 is 0 Å². The molecule has 0 radical (unpaired) electrons. The first kappa shape index (κ1) is 33.2. The molecule has 13 rings (SSSR count). The lowest BCUT2D eigenvalue weighted by Crippen LogP contribution is -2.08. The highest BCUT2D eigenvalue weighted by molar-refractivity contribution is 6.34. The molecule has 0 saturated carbocycles. The van der Waals surface area contributed by atoms with Gasteiger partial charge in [-0.3, -0.25) is 9.97 Å². The molecule has 0 unspecified atom stereocenters. The molecule has 0 aliphatic rings. The van der Waals surface area contributed by atoms with Crippen LogP contribution in [0.4, 0.5) is 5.69 Å². The van der Waals surface area contributed by atoms with Gasteiger partial charge in [-0.05, 0) is 46.2 Å². The highest BCUT2D eigenvalue weighted by Crippen LogP contribution is 2.53. The van der Waals surface area contributed by atoms with Crippen LogP contribution >= 0.6 is 0 Å². The van der Waals surface area contributed by atoms with Crippen molar-refractivity contribution in [3.63, 3.8) is 0 Å². The first-order valence-electron chi connectivity index (χ1n) is 20.1. The molecule has 0 atom stereocenters. The van der Waals surface area contributed by atoms with E-state index >= 15 is 0 Å². The molecule has 8 aromatic carbocycles. The number of pyridine rings is 2. The Hall–Kier alpha value is -8.78. The number of benzene rings is 8. The van der Waals surface area contributed by atoms with E-state index in [1.807, 2.05) is 104 Å². The molecule has 0 fully saturated rings. The number of nitriles is 1. The molecule has 5 heterocycles. The summed E-state index contributed by atoms with van der Waals surface area (Å²) in [6.07, 6.45) is 7.70. The zero-order valence-corrected chi connectivity index (χ0v) is 32.3. The smallest absolute Gasteiger partial charge is 0.220 e. The third-order valence-corrected chi connectivity index (χ3v) is 12.5. The fourth-order valence-corrected chi connectivity index (χ4v) is 10.1. The van der Waals surface area contributed by atoms with Gasteiger partial charge in [0.15, 0.2) is 0 Å². The monoisotopic (exact) mass is 776 g/mol. The van der Waals surface area contributed by atoms with Crippen molar-refractivity contribution in [1.82, 2.24) is 19.1 Å². The van der Waals surface area contributed by atoms with Gasteiger partial charge in [0.25, 0.3) is 0 Å². The van der Waals surface area contributed by atoms with E-state index in [0.717, 1.165) is 104 Å². The Morgan fingerprint density at radius 3 is 1.67 bits per heavy atom. The van der Waals surface area contributed by atoms with Crippen molar-refractivity contribution in [2.45, 2.75) is 0 Å². The Morgan fingerprint density at radius 1 is 0.475 bits per heavy atom. The first-order chi connectivity index (χ1) is 30.2. The van der Waals surface area contributed by atoms with Crippen LogP contribution in [0, 0.1) is 17.9 Å². The van der Waals surface area contributed by atoms with E-state index in [1.165, 1.54) is 0 Å². The van der Waals surface area contributed by atoms with Crippen LogP contribution in [0.1, 0.15) is 5.56 Å². The SMILES string of the molecule is [C-]#[N+]c1c(-c2ccccc2)c(C#N)c(-n2c3ccccc3c3cc4oc5ccccc5c4cc32)c(-c2ccccc2)c1-n1c2cncc3c4ccccc4c4cncc1c4c32. The number of hydrogen-bond acceptors (Lipinski definition) is 4. The minimum atomic E-state index is 0.362. The minimum Gasteiger partial charge on any atom is -0.456 e. The Balaban J connectivity index is 1.32. The van der Waals surface area contributed by atoms with Gasteiger partial charge in [0, 0.05) is 66.6 Å². The van der Waals surface area contributed by atoms with E-state index in [1.54, 1.807) is 0 Å². The van der Waals surface area contributed by atoms with Gasteiger partial charge in [-0.1, -0.05) is 121 Å². The summed E-state index contributed by atoms with van der Waals surface area (Å²) in [5, 5.41) is 22.0. The zero-order valence-electron chi connectivity index (χ0n) is 32.3. The fraction of sp³-hybridized carbons (Fsp3) is 0. The van der Waals surface area contributed by atoms with Crippen LogP contribution < -0.4 is 0 Å². The van der Waals surface area contributed by atoms with Crippen LogP contribution in [-0.2, 0) is 0 Å². The molecule has 61 heavy (non-hydrogen) atoms.